The molecule has 1 aliphatic rings. The second-order valence-electron chi connectivity index (χ2n) is 5.41. The van der Waals surface area contributed by atoms with Gasteiger partial charge in [-0.2, -0.15) is 0 Å². The first-order valence-corrected chi connectivity index (χ1v) is 7.28. The summed E-state index contributed by atoms with van der Waals surface area (Å²) in [5.41, 5.74) is 1.80. The summed E-state index contributed by atoms with van der Waals surface area (Å²) >= 11 is 0. The third-order valence-electron chi connectivity index (χ3n) is 3.76. The average molecular weight is 271 g/mol. The van der Waals surface area contributed by atoms with Gasteiger partial charge in [-0.1, -0.05) is 32.1 Å². The monoisotopic (exact) mass is 271 g/mol. The summed E-state index contributed by atoms with van der Waals surface area (Å²) in [6.07, 6.45) is 5.36. The molecule has 0 aromatic heterocycles. The highest BCUT2D eigenvalue weighted by molar-refractivity contribution is 5.87. The molecule has 2 N–H and O–H groups in total. The van der Waals surface area contributed by atoms with E-state index in [9.17, 15) is 4.79 Å². The zero-order valence-electron chi connectivity index (χ0n) is 11.9. The molecule has 0 aliphatic heterocycles. The first-order valence-electron chi connectivity index (χ1n) is 7.28. The molecule has 20 heavy (non-hydrogen) atoms. The van der Waals surface area contributed by atoms with Gasteiger partial charge in [0.25, 0.3) is 0 Å². The molecule has 1 fully saturated rings. The molecular weight excluding hydrogens is 250 g/mol. The number of nitrogens with one attached hydrogen (secondary N) is 1. The second-order valence-corrected chi connectivity index (χ2v) is 5.41. The number of carbonyl (C=O) groups is 1. The van der Waals surface area contributed by atoms with Crippen LogP contribution in [0.1, 0.15) is 38.2 Å². The lowest BCUT2D eigenvalue weighted by Crippen LogP contribution is -2.04. The van der Waals surface area contributed by atoms with Crippen LogP contribution in [-0.4, -0.2) is 17.6 Å². The van der Waals surface area contributed by atoms with Crippen molar-refractivity contribution >= 4 is 11.7 Å². The lowest BCUT2D eigenvalue weighted by atomic mass is 10.1. The highest BCUT2D eigenvalue weighted by atomic mass is 16.4. The van der Waals surface area contributed by atoms with E-state index in [1.54, 1.807) is 0 Å². The van der Waals surface area contributed by atoms with Gasteiger partial charge in [0, 0.05) is 23.7 Å². The fraction of sp³-hybridized carbons (Fsp3) is 0.471. The predicted octanol–water partition coefficient (Wildman–Crippen LogP) is 3.36. The van der Waals surface area contributed by atoms with Crippen molar-refractivity contribution in [1.82, 2.24) is 0 Å². The molecule has 1 saturated carbocycles. The van der Waals surface area contributed by atoms with Crippen molar-refractivity contribution < 1.29 is 9.90 Å². The quantitative estimate of drug-likeness (QED) is 0.780. The van der Waals surface area contributed by atoms with Gasteiger partial charge in [-0.15, -0.1) is 0 Å². The standard InChI is InChI=1S/C17H21NO2/c1-2-3-4-14-11-15(14)12-18-16-8-5-13(6-9-16)7-10-17(19)20/h5-6,8-9,14-15,18H,2-4,11-12H2,1H3,(H,19,20). The minimum atomic E-state index is -1.10. The molecule has 106 valence electrons. The van der Waals surface area contributed by atoms with Crippen molar-refractivity contribution in [3.05, 3.63) is 29.8 Å². The van der Waals surface area contributed by atoms with Crippen molar-refractivity contribution in [2.75, 3.05) is 11.9 Å². The number of rotatable bonds is 6. The summed E-state index contributed by atoms with van der Waals surface area (Å²) in [7, 11) is 0. The molecule has 3 nitrogen and oxygen atoms in total. The molecule has 0 radical (unpaired) electrons. The highest BCUT2D eigenvalue weighted by Gasteiger charge is 2.35. The van der Waals surface area contributed by atoms with E-state index in [1.807, 2.05) is 24.3 Å². The molecule has 0 saturated heterocycles. The van der Waals surface area contributed by atoms with Crippen LogP contribution in [0.4, 0.5) is 5.69 Å². The molecule has 2 atom stereocenters. The van der Waals surface area contributed by atoms with Gasteiger partial charge in [-0.05, 0) is 42.5 Å². The van der Waals surface area contributed by atoms with Crippen LogP contribution < -0.4 is 5.32 Å². The summed E-state index contributed by atoms with van der Waals surface area (Å²) in [6, 6.07) is 7.60. The number of hydrogen-bond donors (Lipinski definition) is 2. The topological polar surface area (TPSA) is 49.3 Å². The molecular formula is C17H21NO2. The summed E-state index contributed by atoms with van der Waals surface area (Å²) < 4.78 is 0. The van der Waals surface area contributed by atoms with Gasteiger partial charge in [0.2, 0.25) is 0 Å². The highest BCUT2D eigenvalue weighted by Crippen LogP contribution is 2.42. The van der Waals surface area contributed by atoms with E-state index in [0.717, 1.165) is 29.6 Å². The van der Waals surface area contributed by atoms with E-state index in [-0.39, 0.29) is 0 Å². The largest absolute Gasteiger partial charge is 0.472 e. The van der Waals surface area contributed by atoms with E-state index in [2.05, 4.69) is 24.1 Å². The van der Waals surface area contributed by atoms with Crippen LogP contribution in [0.2, 0.25) is 0 Å². The van der Waals surface area contributed by atoms with Crippen LogP contribution in [0, 0.1) is 23.7 Å². The number of aliphatic carboxylic acids is 1. The van der Waals surface area contributed by atoms with Crippen molar-refractivity contribution in [3.8, 4) is 11.8 Å². The Labute approximate surface area is 120 Å². The Hall–Kier alpha value is -1.95. The van der Waals surface area contributed by atoms with Crippen LogP contribution in [-0.2, 0) is 4.79 Å². The van der Waals surface area contributed by atoms with E-state index >= 15 is 0 Å². The zero-order chi connectivity index (χ0) is 14.4. The van der Waals surface area contributed by atoms with Crippen molar-refractivity contribution in [3.63, 3.8) is 0 Å². The molecule has 0 bridgehead atoms. The van der Waals surface area contributed by atoms with Gasteiger partial charge >= 0.3 is 5.97 Å². The maximum absolute atomic E-state index is 10.3. The summed E-state index contributed by atoms with van der Waals surface area (Å²) in [6.45, 7) is 3.28. The van der Waals surface area contributed by atoms with Gasteiger partial charge < -0.3 is 10.4 Å². The Morgan fingerprint density at radius 2 is 2.10 bits per heavy atom. The maximum atomic E-state index is 10.3. The molecule has 2 rings (SSSR count). The van der Waals surface area contributed by atoms with E-state index < -0.39 is 5.97 Å². The van der Waals surface area contributed by atoms with Gasteiger partial charge in [0.05, 0.1) is 0 Å². The van der Waals surface area contributed by atoms with Crippen LogP contribution in [0.15, 0.2) is 24.3 Å². The molecule has 0 spiro atoms. The molecule has 2 unspecified atom stereocenters. The van der Waals surface area contributed by atoms with Gasteiger partial charge in [0.15, 0.2) is 0 Å². The SMILES string of the molecule is CCCCC1CC1CNc1ccc(C#CC(=O)O)cc1. The minimum Gasteiger partial charge on any atom is -0.472 e. The van der Waals surface area contributed by atoms with Gasteiger partial charge in [0.1, 0.15) is 0 Å². The Bertz CT molecular complexity index is 510. The smallest absolute Gasteiger partial charge is 0.382 e. The molecule has 0 heterocycles. The van der Waals surface area contributed by atoms with Gasteiger partial charge in [-0.25, -0.2) is 4.79 Å². The van der Waals surface area contributed by atoms with Crippen LogP contribution in [0.3, 0.4) is 0 Å². The Kier molecular flexibility index (Phi) is 5.06. The first-order chi connectivity index (χ1) is 9.69. The number of unbranched alkanes of at least 4 members (excludes halogenated alkanes) is 1. The number of carboxylic acid groups (broad SMARTS) is 1. The minimum absolute atomic E-state index is 0.727. The Balaban J connectivity index is 1.75. The zero-order valence-corrected chi connectivity index (χ0v) is 11.9. The number of benzene rings is 1. The van der Waals surface area contributed by atoms with Gasteiger partial charge in [-0.3, -0.25) is 0 Å². The lowest BCUT2D eigenvalue weighted by Gasteiger charge is -2.06. The predicted molar refractivity (Wildman–Crippen MR) is 80.6 cm³/mol. The van der Waals surface area contributed by atoms with Crippen LogP contribution in [0.25, 0.3) is 0 Å². The molecule has 1 aromatic carbocycles. The van der Waals surface area contributed by atoms with E-state index in [1.165, 1.54) is 25.7 Å². The van der Waals surface area contributed by atoms with Crippen molar-refractivity contribution in [2.45, 2.75) is 32.6 Å². The first kappa shape index (κ1) is 14.5. The number of hydrogen-bond acceptors (Lipinski definition) is 2. The Morgan fingerprint density at radius 3 is 2.75 bits per heavy atom. The normalized spacial score (nSPS) is 19.9. The fourth-order valence-corrected chi connectivity index (χ4v) is 2.43. The average Bonchev–Trinajstić information content (AvgIpc) is 3.20. The summed E-state index contributed by atoms with van der Waals surface area (Å²) in [5, 5.41) is 11.9. The van der Waals surface area contributed by atoms with Crippen LogP contribution >= 0.6 is 0 Å². The molecule has 1 aromatic rings. The molecule has 1 aliphatic carbocycles. The maximum Gasteiger partial charge on any atom is 0.382 e. The third-order valence-corrected chi connectivity index (χ3v) is 3.76. The number of anilines is 1. The van der Waals surface area contributed by atoms with E-state index in [0.29, 0.717) is 0 Å². The summed E-state index contributed by atoms with van der Waals surface area (Å²) in [5.74, 6) is 5.36. The van der Waals surface area contributed by atoms with Crippen LogP contribution in [0.5, 0.6) is 0 Å². The Morgan fingerprint density at radius 1 is 1.35 bits per heavy atom. The molecule has 0 amide bonds. The third kappa shape index (κ3) is 4.62. The van der Waals surface area contributed by atoms with Crippen molar-refractivity contribution in [2.24, 2.45) is 11.8 Å². The number of carboxylic acids is 1. The molecule has 3 heteroatoms. The van der Waals surface area contributed by atoms with Crippen molar-refractivity contribution in [1.29, 1.82) is 0 Å². The fourth-order valence-electron chi connectivity index (χ4n) is 2.43. The second kappa shape index (κ2) is 7.00. The van der Waals surface area contributed by atoms with E-state index in [4.69, 9.17) is 5.11 Å². The summed E-state index contributed by atoms with van der Waals surface area (Å²) in [4.78, 5) is 10.3. The lowest BCUT2D eigenvalue weighted by molar-refractivity contribution is -0.130.